The van der Waals surface area contributed by atoms with Gasteiger partial charge in [0, 0.05) is 31.4 Å². The van der Waals surface area contributed by atoms with Crippen LogP contribution >= 0.6 is 0 Å². The quantitative estimate of drug-likeness (QED) is 0.901. The fourth-order valence-corrected chi connectivity index (χ4v) is 2.67. The molecule has 1 aromatic carbocycles. The number of hydrogen-bond donors (Lipinski definition) is 1. The molecule has 1 unspecified atom stereocenters. The first-order valence-corrected chi connectivity index (χ1v) is 7.07. The van der Waals surface area contributed by atoms with Gasteiger partial charge in [-0.15, -0.1) is 0 Å². The summed E-state index contributed by atoms with van der Waals surface area (Å²) >= 11 is 0. The molecular weight excluding hydrogens is 241 g/mol. The number of anilines is 1. The second kappa shape index (κ2) is 6.87. The van der Waals surface area contributed by atoms with E-state index < -0.39 is 0 Å². The van der Waals surface area contributed by atoms with E-state index in [1.54, 1.807) is 12.1 Å². The van der Waals surface area contributed by atoms with Crippen LogP contribution in [0.25, 0.3) is 0 Å². The van der Waals surface area contributed by atoms with Crippen LogP contribution in [0.3, 0.4) is 0 Å². The molecule has 0 bridgehead atoms. The Morgan fingerprint density at radius 1 is 1.26 bits per heavy atom. The number of nitrogens with one attached hydrogen (secondary N) is 1. The van der Waals surface area contributed by atoms with E-state index in [1.165, 1.54) is 25.1 Å². The van der Waals surface area contributed by atoms with Crippen LogP contribution < -0.4 is 5.32 Å². The summed E-state index contributed by atoms with van der Waals surface area (Å²) in [6, 6.07) is 7.16. The molecule has 1 aliphatic rings. The number of nitrogens with zero attached hydrogens (tertiary/aromatic N) is 2. The maximum Gasteiger partial charge on any atom is 0.123 e. The van der Waals surface area contributed by atoms with Crippen LogP contribution in [0.1, 0.15) is 13.3 Å². The number of hydrogen-bond acceptors (Lipinski definition) is 3. The Bertz CT molecular complexity index is 379. The van der Waals surface area contributed by atoms with Crippen molar-refractivity contribution >= 4 is 5.69 Å². The molecule has 3 nitrogen and oxygen atoms in total. The summed E-state index contributed by atoms with van der Waals surface area (Å²) in [6.45, 7) is 7.71. The van der Waals surface area contributed by atoms with E-state index >= 15 is 0 Å². The zero-order chi connectivity index (χ0) is 13.7. The molecule has 1 N–H and O–H groups in total. The molecule has 1 fully saturated rings. The van der Waals surface area contributed by atoms with Crippen LogP contribution in [0.4, 0.5) is 10.1 Å². The van der Waals surface area contributed by atoms with Crippen LogP contribution in [-0.4, -0.2) is 55.6 Å². The lowest BCUT2D eigenvalue weighted by Crippen LogP contribution is -2.40. The van der Waals surface area contributed by atoms with Gasteiger partial charge in [0.15, 0.2) is 0 Å². The second-order valence-electron chi connectivity index (χ2n) is 5.43. The molecule has 4 heteroatoms. The second-order valence-corrected chi connectivity index (χ2v) is 5.43. The molecular formula is C15H24FN3. The first-order valence-electron chi connectivity index (χ1n) is 7.07. The largest absolute Gasteiger partial charge is 0.384 e. The van der Waals surface area contributed by atoms with E-state index in [2.05, 4.69) is 29.1 Å². The topological polar surface area (TPSA) is 18.5 Å². The van der Waals surface area contributed by atoms with Gasteiger partial charge in [-0.2, -0.15) is 0 Å². The summed E-state index contributed by atoms with van der Waals surface area (Å²) < 4.78 is 12.8. The fraction of sp³-hybridized carbons (Fsp3) is 0.600. The van der Waals surface area contributed by atoms with Gasteiger partial charge in [0.05, 0.1) is 0 Å². The average Bonchev–Trinajstić information content (AvgIpc) is 2.53. The summed E-state index contributed by atoms with van der Waals surface area (Å²) in [4.78, 5) is 4.93. The van der Waals surface area contributed by atoms with E-state index in [0.717, 1.165) is 31.9 Å². The first kappa shape index (κ1) is 14.3. The summed E-state index contributed by atoms with van der Waals surface area (Å²) in [5.74, 6) is -0.185. The van der Waals surface area contributed by atoms with E-state index in [1.807, 2.05) is 0 Å². The van der Waals surface area contributed by atoms with Crippen LogP contribution in [0.15, 0.2) is 24.3 Å². The molecule has 0 amide bonds. The highest BCUT2D eigenvalue weighted by Crippen LogP contribution is 2.10. The summed E-state index contributed by atoms with van der Waals surface area (Å²) in [7, 11) is 2.19. The number of benzene rings is 1. The van der Waals surface area contributed by atoms with Gasteiger partial charge in [0.25, 0.3) is 0 Å². The van der Waals surface area contributed by atoms with Gasteiger partial charge in [-0.3, -0.25) is 4.90 Å². The minimum atomic E-state index is -0.185. The Hall–Kier alpha value is -1.13. The molecule has 1 atom stereocenters. The van der Waals surface area contributed by atoms with Crippen molar-refractivity contribution in [2.24, 2.45) is 0 Å². The maximum atomic E-state index is 12.8. The number of halogens is 1. The fourth-order valence-electron chi connectivity index (χ4n) is 2.67. The van der Waals surface area contributed by atoms with Gasteiger partial charge in [-0.05, 0) is 57.7 Å². The molecule has 0 spiro atoms. The molecule has 19 heavy (non-hydrogen) atoms. The van der Waals surface area contributed by atoms with Crippen molar-refractivity contribution in [2.45, 2.75) is 19.4 Å². The lowest BCUT2D eigenvalue weighted by molar-refractivity contribution is 0.209. The number of likely N-dealkylation sites (N-methyl/N-ethyl adjacent to an activating group) is 1. The van der Waals surface area contributed by atoms with Crippen molar-refractivity contribution < 1.29 is 4.39 Å². The van der Waals surface area contributed by atoms with Crippen LogP contribution in [-0.2, 0) is 0 Å². The van der Waals surface area contributed by atoms with E-state index in [9.17, 15) is 4.39 Å². The SMILES string of the molecule is CC1CN(C)CCCN1CCNc1ccc(F)cc1. The molecule has 1 aliphatic heterocycles. The van der Waals surface area contributed by atoms with Crippen molar-refractivity contribution in [1.29, 1.82) is 0 Å². The van der Waals surface area contributed by atoms with Crippen molar-refractivity contribution in [2.75, 3.05) is 45.1 Å². The normalized spacial score (nSPS) is 22.2. The standard InChI is InChI=1S/C15H24FN3/c1-13-12-18(2)9-3-10-19(13)11-8-17-15-6-4-14(16)5-7-15/h4-7,13,17H,3,8-12H2,1-2H3. The first-order chi connectivity index (χ1) is 9.15. The Kier molecular flexibility index (Phi) is 5.16. The summed E-state index contributed by atoms with van der Waals surface area (Å²) in [5.41, 5.74) is 0.987. The zero-order valence-electron chi connectivity index (χ0n) is 11.9. The zero-order valence-corrected chi connectivity index (χ0v) is 11.9. The third-order valence-corrected chi connectivity index (χ3v) is 3.76. The summed E-state index contributed by atoms with van der Waals surface area (Å²) in [5, 5.41) is 3.35. The summed E-state index contributed by atoms with van der Waals surface area (Å²) in [6.07, 6.45) is 1.23. The Morgan fingerprint density at radius 2 is 2.00 bits per heavy atom. The van der Waals surface area contributed by atoms with Crippen LogP contribution in [0.5, 0.6) is 0 Å². The highest BCUT2D eigenvalue weighted by Gasteiger charge is 2.18. The number of rotatable bonds is 4. The minimum Gasteiger partial charge on any atom is -0.384 e. The minimum absolute atomic E-state index is 0.185. The third-order valence-electron chi connectivity index (χ3n) is 3.76. The Labute approximate surface area is 115 Å². The molecule has 0 aromatic heterocycles. The van der Waals surface area contributed by atoms with Gasteiger partial charge >= 0.3 is 0 Å². The predicted octanol–water partition coefficient (Wildman–Crippen LogP) is 2.26. The Balaban J connectivity index is 1.76. The lowest BCUT2D eigenvalue weighted by atomic mass is 10.2. The predicted molar refractivity (Wildman–Crippen MR) is 78.0 cm³/mol. The van der Waals surface area contributed by atoms with Crippen molar-refractivity contribution in [3.05, 3.63) is 30.1 Å². The van der Waals surface area contributed by atoms with Crippen molar-refractivity contribution in [3.8, 4) is 0 Å². The van der Waals surface area contributed by atoms with Crippen LogP contribution in [0, 0.1) is 5.82 Å². The molecule has 0 aliphatic carbocycles. The van der Waals surface area contributed by atoms with Crippen molar-refractivity contribution in [3.63, 3.8) is 0 Å². The molecule has 1 saturated heterocycles. The van der Waals surface area contributed by atoms with Crippen molar-refractivity contribution in [1.82, 2.24) is 9.80 Å². The molecule has 0 radical (unpaired) electrons. The average molecular weight is 265 g/mol. The smallest absolute Gasteiger partial charge is 0.123 e. The maximum absolute atomic E-state index is 12.8. The highest BCUT2D eigenvalue weighted by molar-refractivity contribution is 5.42. The highest BCUT2D eigenvalue weighted by atomic mass is 19.1. The van der Waals surface area contributed by atoms with Gasteiger partial charge in [-0.25, -0.2) is 4.39 Å². The van der Waals surface area contributed by atoms with Gasteiger partial charge < -0.3 is 10.2 Å². The third kappa shape index (κ3) is 4.48. The van der Waals surface area contributed by atoms with Gasteiger partial charge in [0.1, 0.15) is 5.82 Å². The lowest BCUT2D eigenvalue weighted by Gasteiger charge is -2.28. The van der Waals surface area contributed by atoms with E-state index in [-0.39, 0.29) is 5.82 Å². The molecule has 106 valence electrons. The Morgan fingerprint density at radius 3 is 2.74 bits per heavy atom. The molecule has 2 rings (SSSR count). The van der Waals surface area contributed by atoms with E-state index in [0.29, 0.717) is 6.04 Å². The van der Waals surface area contributed by atoms with E-state index in [4.69, 9.17) is 0 Å². The molecule has 1 aromatic rings. The molecule has 0 saturated carbocycles. The monoisotopic (exact) mass is 265 g/mol. The van der Waals surface area contributed by atoms with Gasteiger partial charge in [0.2, 0.25) is 0 Å². The van der Waals surface area contributed by atoms with Gasteiger partial charge in [-0.1, -0.05) is 0 Å². The molecule has 1 heterocycles. The van der Waals surface area contributed by atoms with Crippen LogP contribution in [0.2, 0.25) is 0 Å².